The van der Waals surface area contributed by atoms with Crippen molar-refractivity contribution in [1.29, 1.82) is 0 Å². The zero-order chi connectivity index (χ0) is 26.5. The smallest absolute Gasteiger partial charge is 0.414 e. The molecule has 1 aromatic heterocycles. The molecule has 3 aromatic rings. The lowest BCUT2D eigenvalue weighted by molar-refractivity contribution is -0.159. The summed E-state index contributed by atoms with van der Waals surface area (Å²) in [6.07, 6.45) is 5.54. The highest BCUT2D eigenvalue weighted by Crippen LogP contribution is 2.36. The van der Waals surface area contributed by atoms with Crippen molar-refractivity contribution in [2.75, 3.05) is 39.1 Å². The number of aromatic nitrogens is 2. The number of aliphatic carboxylic acids is 2. The van der Waals surface area contributed by atoms with E-state index in [1.807, 2.05) is 0 Å². The summed E-state index contributed by atoms with van der Waals surface area (Å²) >= 11 is 0. The van der Waals surface area contributed by atoms with Crippen LogP contribution in [0.4, 0.5) is 5.69 Å². The quantitative estimate of drug-likeness (QED) is 0.518. The van der Waals surface area contributed by atoms with Crippen molar-refractivity contribution >= 4 is 17.6 Å². The van der Waals surface area contributed by atoms with E-state index in [-0.39, 0.29) is 12.2 Å². The lowest BCUT2D eigenvalue weighted by Crippen LogP contribution is -2.35. The average Bonchev–Trinajstić information content (AvgIpc) is 3.26. The van der Waals surface area contributed by atoms with Crippen molar-refractivity contribution in [2.24, 2.45) is 0 Å². The molecule has 1 saturated heterocycles. The monoisotopic (exact) mass is 506 g/mol. The number of carbonyl (C=O) groups is 2. The molecular formula is C28H34N4O5. The Hall–Kier alpha value is -3.69. The molecule has 196 valence electrons. The molecule has 1 fully saturated rings. The Morgan fingerprint density at radius 1 is 0.973 bits per heavy atom. The van der Waals surface area contributed by atoms with Crippen LogP contribution in [-0.2, 0) is 27.3 Å². The number of carboxylic acids is 2. The highest BCUT2D eigenvalue weighted by atomic mass is 16.5. The first-order chi connectivity index (χ1) is 17.7. The van der Waals surface area contributed by atoms with Gasteiger partial charge in [0.1, 0.15) is 11.9 Å². The van der Waals surface area contributed by atoms with Crippen molar-refractivity contribution in [1.82, 2.24) is 14.5 Å². The van der Waals surface area contributed by atoms with Crippen molar-refractivity contribution in [3.05, 3.63) is 71.7 Å². The van der Waals surface area contributed by atoms with E-state index >= 15 is 0 Å². The minimum absolute atomic E-state index is 0.109. The zero-order valence-electron chi connectivity index (χ0n) is 21.5. The normalized spacial score (nSPS) is 17.5. The molecule has 2 aromatic carbocycles. The standard InChI is InChI=1S/C26H32N4O.C2H2O4/c1-28(2)21-10-8-20(9-11-21)24-18-30-17-12-19-6-4-5-7-23(19)25(26(30)27-24)31-22-13-15-29(3)16-14-22;3-1(4)2(5)6/h4-11,18,22,25H,12-17H2,1-3H3;(H,3,4)(H,5,6). The minimum Gasteiger partial charge on any atom is -0.473 e. The number of aryl methyl sites for hydroxylation is 2. The summed E-state index contributed by atoms with van der Waals surface area (Å²) in [5.74, 6) is -2.61. The molecule has 0 bridgehead atoms. The van der Waals surface area contributed by atoms with Gasteiger partial charge >= 0.3 is 11.9 Å². The molecular weight excluding hydrogens is 472 g/mol. The SMILES string of the molecule is CN1CCC(OC2c3ccccc3CCn3cc(-c4ccc(N(C)C)cc4)nc32)CC1.O=C(O)C(=O)O. The van der Waals surface area contributed by atoms with Gasteiger partial charge in [0.2, 0.25) is 0 Å². The molecule has 1 atom stereocenters. The molecule has 9 nitrogen and oxygen atoms in total. The van der Waals surface area contributed by atoms with Crippen LogP contribution in [0.25, 0.3) is 11.3 Å². The van der Waals surface area contributed by atoms with Gasteiger partial charge in [-0.25, -0.2) is 14.6 Å². The third kappa shape index (κ3) is 6.36. The number of nitrogens with zero attached hydrogens (tertiary/aromatic N) is 4. The maximum atomic E-state index is 9.10. The van der Waals surface area contributed by atoms with Crippen LogP contribution < -0.4 is 4.90 Å². The van der Waals surface area contributed by atoms with Crippen molar-refractivity contribution in [2.45, 2.75) is 38.0 Å². The largest absolute Gasteiger partial charge is 0.473 e. The molecule has 5 rings (SSSR count). The summed E-state index contributed by atoms with van der Waals surface area (Å²) in [6.45, 7) is 3.12. The Bertz CT molecular complexity index is 1220. The molecule has 9 heteroatoms. The van der Waals surface area contributed by atoms with Gasteiger partial charge in [-0.05, 0) is 49.6 Å². The average molecular weight is 507 g/mol. The Kier molecular flexibility index (Phi) is 8.25. The van der Waals surface area contributed by atoms with Gasteiger partial charge in [-0.3, -0.25) is 0 Å². The number of piperidine rings is 1. The van der Waals surface area contributed by atoms with Gasteiger partial charge in [-0.15, -0.1) is 0 Å². The van der Waals surface area contributed by atoms with Gasteiger partial charge in [-0.1, -0.05) is 36.4 Å². The van der Waals surface area contributed by atoms with Crippen LogP contribution in [0.15, 0.2) is 54.7 Å². The topological polar surface area (TPSA) is 108 Å². The van der Waals surface area contributed by atoms with Crippen molar-refractivity contribution in [3.8, 4) is 11.3 Å². The number of likely N-dealkylation sites (tertiary alicyclic amines) is 1. The fourth-order valence-corrected chi connectivity index (χ4v) is 4.73. The Morgan fingerprint density at radius 2 is 1.62 bits per heavy atom. The van der Waals surface area contributed by atoms with Crippen LogP contribution in [0.3, 0.4) is 0 Å². The summed E-state index contributed by atoms with van der Waals surface area (Å²) < 4.78 is 9.11. The molecule has 0 radical (unpaired) electrons. The molecule has 0 saturated carbocycles. The Morgan fingerprint density at radius 3 is 2.24 bits per heavy atom. The van der Waals surface area contributed by atoms with Gasteiger partial charge in [0, 0.05) is 51.2 Å². The fraction of sp³-hybridized carbons (Fsp3) is 0.393. The summed E-state index contributed by atoms with van der Waals surface area (Å²) in [5.41, 5.74) is 6.03. The number of rotatable bonds is 4. The van der Waals surface area contributed by atoms with Crippen LogP contribution in [0.5, 0.6) is 0 Å². The van der Waals surface area contributed by atoms with E-state index in [2.05, 4.69) is 90.2 Å². The lowest BCUT2D eigenvalue weighted by Gasteiger charge is -2.32. The second-order valence-electron chi connectivity index (χ2n) is 9.70. The summed E-state index contributed by atoms with van der Waals surface area (Å²) in [4.78, 5) is 27.8. The predicted molar refractivity (Wildman–Crippen MR) is 141 cm³/mol. The third-order valence-electron chi connectivity index (χ3n) is 6.86. The highest BCUT2D eigenvalue weighted by molar-refractivity contribution is 6.27. The van der Waals surface area contributed by atoms with E-state index in [0.29, 0.717) is 0 Å². The molecule has 0 amide bonds. The molecule has 37 heavy (non-hydrogen) atoms. The van der Waals surface area contributed by atoms with Crippen LogP contribution in [-0.4, -0.2) is 76.9 Å². The van der Waals surface area contributed by atoms with Gasteiger partial charge in [-0.2, -0.15) is 0 Å². The first-order valence-corrected chi connectivity index (χ1v) is 12.5. The van der Waals surface area contributed by atoms with E-state index in [1.165, 1.54) is 16.8 Å². The lowest BCUT2D eigenvalue weighted by atomic mass is 10.00. The van der Waals surface area contributed by atoms with Gasteiger partial charge in [0.05, 0.1) is 11.8 Å². The number of hydrogen-bond donors (Lipinski definition) is 2. The molecule has 0 aliphatic carbocycles. The number of carboxylic acid groups (broad SMARTS) is 2. The first-order valence-electron chi connectivity index (χ1n) is 12.5. The molecule has 1 unspecified atom stereocenters. The van der Waals surface area contributed by atoms with E-state index in [9.17, 15) is 0 Å². The van der Waals surface area contributed by atoms with E-state index in [1.54, 1.807) is 0 Å². The Labute approximate surface area is 216 Å². The third-order valence-corrected chi connectivity index (χ3v) is 6.86. The van der Waals surface area contributed by atoms with Gasteiger partial charge < -0.3 is 29.3 Å². The van der Waals surface area contributed by atoms with Crippen LogP contribution in [0.1, 0.15) is 35.9 Å². The number of benzene rings is 2. The highest BCUT2D eigenvalue weighted by Gasteiger charge is 2.30. The number of imidazole rings is 1. The number of ether oxygens (including phenoxy) is 1. The molecule has 3 heterocycles. The molecule has 2 N–H and O–H groups in total. The van der Waals surface area contributed by atoms with Gasteiger partial charge in [0.25, 0.3) is 0 Å². The van der Waals surface area contributed by atoms with E-state index in [4.69, 9.17) is 29.5 Å². The number of hydrogen-bond acceptors (Lipinski definition) is 6. The van der Waals surface area contributed by atoms with Crippen LogP contribution in [0.2, 0.25) is 0 Å². The first kappa shape index (κ1) is 26.4. The molecule has 2 aliphatic rings. The summed E-state index contributed by atoms with van der Waals surface area (Å²) in [7, 11) is 6.32. The number of anilines is 1. The van der Waals surface area contributed by atoms with Gasteiger partial charge in [0.15, 0.2) is 0 Å². The van der Waals surface area contributed by atoms with E-state index < -0.39 is 11.9 Å². The Balaban J connectivity index is 0.000000480. The molecule has 0 spiro atoms. The summed E-state index contributed by atoms with van der Waals surface area (Å²) in [6, 6.07) is 17.4. The maximum Gasteiger partial charge on any atom is 0.414 e. The van der Waals surface area contributed by atoms with Crippen molar-refractivity contribution < 1.29 is 24.5 Å². The zero-order valence-corrected chi connectivity index (χ0v) is 21.5. The summed E-state index contributed by atoms with van der Waals surface area (Å²) in [5, 5.41) is 14.8. The predicted octanol–water partition coefficient (Wildman–Crippen LogP) is 3.53. The van der Waals surface area contributed by atoms with Crippen LogP contribution in [0, 0.1) is 0 Å². The second kappa shape index (κ2) is 11.6. The minimum atomic E-state index is -1.82. The second-order valence-corrected chi connectivity index (χ2v) is 9.70. The van der Waals surface area contributed by atoms with Crippen molar-refractivity contribution in [3.63, 3.8) is 0 Å². The number of fused-ring (bicyclic) bond motifs is 2. The van der Waals surface area contributed by atoms with E-state index in [0.717, 1.165) is 56.0 Å². The van der Waals surface area contributed by atoms with Crippen LogP contribution >= 0.6 is 0 Å². The maximum absolute atomic E-state index is 9.10. The molecule has 2 aliphatic heterocycles. The fourth-order valence-electron chi connectivity index (χ4n) is 4.73.